The van der Waals surface area contributed by atoms with Crippen molar-refractivity contribution in [3.8, 4) is 11.4 Å². The third kappa shape index (κ3) is 3.55. The van der Waals surface area contributed by atoms with Crippen LogP contribution in [0.2, 0.25) is 0 Å². The van der Waals surface area contributed by atoms with E-state index >= 15 is 0 Å². The average Bonchev–Trinajstić information content (AvgIpc) is 2.68. The van der Waals surface area contributed by atoms with Crippen molar-refractivity contribution in [3.63, 3.8) is 0 Å². The number of benzene rings is 1. The Balaban J connectivity index is 1.62. The number of hydrogen-bond acceptors (Lipinski definition) is 5. The number of anilines is 1. The van der Waals surface area contributed by atoms with Crippen LogP contribution >= 0.6 is 0 Å². The molecule has 3 aromatic rings. The van der Waals surface area contributed by atoms with Crippen molar-refractivity contribution < 1.29 is 9.13 Å². The number of aromatic nitrogens is 3. The molecule has 1 aromatic carbocycles. The van der Waals surface area contributed by atoms with Gasteiger partial charge in [-0.1, -0.05) is 12.1 Å². The molecule has 0 saturated carbocycles. The van der Waals surface area contributed by atoms with Crippen LogP contribution in [0.3, 0.4) is 0 Å². The number of nitrogens with zero attached hydrogens (tertiary/aromatic N) is 4. The van der Waals surface area contributed by atoms with Crippen LogP contribution in [-0.4, -0.2) is 34.6 Å². The van der Waals surface area contributed by atoms with E-state index in [1.807, 2.05) is 31.2 Å². The standard InChI is InChI=1S/C20H19FN4O/c1-14-11-19(24-20(23-14)15-5-7-22-8-6-15)25-9-10-26-18(13-25)16-3-2-4-17(21)12-16/h2-8,11-12,18H,9-10,13H2,1H3. The molecule has 0 radical (unpaired) electrons. The summed E-state index contributed by atoms with van der Waals surface area (Å²) >= 11 is 0. The zero-order valence-corrected chi connectivity index (χ0v) is 14.5. The topological polar surface area (TPSA) is 51.1 Å². The van der Waals surface area contributed by atoms with Crippen LogP contribution < -0.4 is 4.90 Å². The summed E-state index contributed by atoms with van der Waals surface area (Å²) in [6.45, 7) is 3.88. The van der Waals surface area contributed by atoms with E-state index in [0.29, 0.717) is 19.0 Å². The smallest absolute Gasteiger partial charge is 0.161 e. The zero-order chi connectivity index (χ0) is 17.9. The van der Waals surface area contributed by atoms with Crippen molar-refractivity contribution in [2.24, 2.45) is 0 Å². The number of aryl methyl sites for hydroxylation is 1. The third-order valence-corrected chi connectivity index (χ3v) is 4.39. The number of morpholine rings is 1. The van der Waals surface area contributed by atoms with Gasteiger partial charge in [0.15, 0.2) is 5.82 Å². The Morgan fingerprint density at radius 1 is 1.12 bits per heavy atom. The number of pyridine rings is 1. The first-order chi connectivity index (χ1) is 12.7. The van der Waals surface area contributed by atoms with Crippen LogP contribution in [0.25, 0.3) is 11.4 Å². The molecule has 0 amide bonds. The first kappa shape index (κ1) is 16.6. The number of ether oxygens (including phenoxy) is 1. The average molecular weight is 350 g/mol. The normalized spacial score (nSPS) is 17.3. The van der Waals surface area contributed by atoms with Crippen LogP contribution in [0.4, 0.5) is 10.2 Å². The lowest BCUT2D eigenvalue weighted by molar-refractivity contribution is 0.0393. The highest BCUT2D eigenvalue weighted by atomic mass is 19.1. The van der Waals surface area contributed by atoms with Gasteiger partial charge in [0.2, 0.25) is 0 Å². The summed E-state index contributed by atoms with van der Waals surface area (Å²) in [5.41, 5.74) is 2.67. The van der Waals surface area contributed by atoms with Gasteiger partial charge in [0, 0.05) is 42.8 Å². The van der Waals surface area contributed by atoms with Crippen molar-refractivity contribution >= 4 is 5.82 Å². The summed E-state index contributed by atoms with van der Waals surface area (Å²) in [6, 6.07) is 12.3. The maximum atomic E-state index is 13.5. The fourth-order valence-corrected chi connectivity index (χ4v) is 3.11. The van der Waals surface area contributed by atoms with Gasteiger partial charge in [0.25, 0.3) is 0 Å². The van der Waals surface area contributed by atoms with Gasteiger partial charge in [0.05, 0.1) is 6.61 Å². The van der Waals surface area contributed by atoms with Crippen molar-refractivity contribution in [1.29, 1.82) is 0 Å². The quantitative estimate of drug-likeness (QED) is 0.723. The largest absolute Gasteiger partial charge is 0.370 e. The fraction of sp³-hybridized carbons (Fsp3) is 0.250. The third-order valence-electron chi connectivity index (χ3n) is 4.39. The van der Waals surface area contributed by atoms with Crippen molar-refractivity contribution in [3.05, 3.63) is 71.9 Å². The SMILES string of the molecule is Cc1cc(N2CCOC(c3cccc(F)c3)C2)nc(-c2ccncc2)n1. The molecule has 1 aliphatic rings. The van der Waals surface area contributed by atoms with Gasteiger partial charge in [-0.3, -0.25) is 4.98 Å². The van der Waals surface area contributed by atoms with Gasteiger partial charge in [-0.15, -0.1) is 0 Å². The molecule has 26 heavy (non-hydrogen) atoms. The fourth-order valence-electron chi connectivity index (χ4n) is 3.11. The van der Waals surface area contributed by atoms with Gasteiger partial charge < -0.3 is 9.64 Å². The Bertz CT molecular complexity index is 903. The van der Waals surface area contributed by atoms with Crippen LogP contribution in [0, 0.1) is 12.7 Å². The molecule has 1 atom stereocenters. The minimum atomic E-state index is -0.249. The molecule has 0 bridgehead atoms. The van der Waals surface area contributed by atoms with E-state index in [9.17, 15) is 4.39 Å². The Morgan fingerprint density at radius 3 is 2.77 bits per heavy atom. The summed E-state index contributed by atoms with van der Waals surface area (Å²) in [4.78, 5) is 15.5. The molecule has 1 unspecified atom stereocenters. The number of rotatable bonds is 3. The minimum Gasteiger partial charge on any atom is -0.370 e. The predicted molar refractivity (Wildman–Crippen MR) is 97.3 cm³/mol. The molecule has 0 N–H and O–H groups in total. The van der Waals surface area contributed by atoms with Crippen molar-refractivity contribution in [1.82, 2.24) is 15.0 Å². The Hall–Kier alpha value is -2.86. The molecular weight excluding hydrogens is 331 g/mol. The Morgan fingerprint density at radius 2 is 1.96 bits per heavy atom. The summed E-state index contributed by atoms with van der Waals surface area (Å²) < 4.78 is 19.4. The first-order valence-corrected chi connectivity index (χ1v) is 8.57. The first-order valence-electron chi connectivity index (χ1n) is 8.57. The Kier molecular flexibility index (Phi) is 4.58. The summed E-state index contributed by atoms with van der Waals surface area (Å²) in [7, 11) is 0. The lowest BCUT2D eigenvalue weighted by Crippen LogP contribution is -2.39. The predicted octanol–water partition coefficient (Wildman–Crippen LogP) is 3.56. The molecule has 4 rings (SSSR count). The van der Waals surface area contributed by atoms with Gasteiger partial charge in [-0.2, -0.15) is 0 Å². The molecule has 132 valence electrons. The van der Waals surface area contributed by atoms with E-state index in [1.54, 1.807) is 18.5 Å². The monoisotopic (exact) mass is 350 g/mol. The second-order valence-electron chi connectivity index (χ2n) is 6.29. The lowest BCUT2D eigenvalue weighted by Gasteiger charge is -2.34. The van der Waals surface area contributed by atoms with Crippen LogP contribution in [0.1, 0.15) is 17.4 Å². The van der Waals surface area contributed by atoms with E-state index in [4.69, 9.17) is 9.72 Å². The van der Waals surface area contributed by atoms with Crippen molar-refractivity contribution in [2.75, 3.05) is 24.6 Å². The molecule has 0 spiro atoms. The molecule has 1 fully saturated rings. The molecule has 6 heteroatoms. The van der Waals surface area contributed by atoms with E-state index in [1.165, 1.54) is 12.1 Å². The second kappa shape index (κ2) is 7.17. The van der Waals surface area contributed by atoms with Gasteiger partial charge in [0.1, 0.15) is 17.7 Å². The zero-order valence-electron chi connectivity index (χ0n) is 14.5. The summed E-state index contributed by atoms with van der Waals surface area (Å²) in [6.07, 6.45) is 3.28. The van der Waals surface area contributed by atoms with E-state index < -0.39 is 0 Å². The number of hydrogen-bond donors (Lipinski definition) is 0. The van der Waals surface area contributed by atoms with Gasteiger partial charge in [-0.25, -0.2) is 14.4 Å². The minimum absolute atomic E-state index is 0.181. The highest BCUT2D eigenvalue weighted by molar-refractivity contribution is 5.57. The van der Waals surface area contributed by atoms with E-state index in [0.717, 1.165) is 29.2 Å². The maximum absolute atomic E-state index is 13.5. The summed E-state index contributed by atoms with van der Waals surface area (Å²) in [5.74, 6) is 1.28. The summed E-state index contributed by atoms with van der Waals surface area (Å²) in [5, 5.41) is 0. The van der Waals surface area contributed by atoms with Crippen LogP contribution in [0.5, 0.6) is 0 Å². The molecular formula is C20H19FN4O. The van der Waals surface area contributed by atoms with E-state index in [-0.39, 0.29) is 11.9 Å². The second-order valence-corrected chi connectivity index (χ2v) is 6.29. The highest BCUT2D eigenvalue weighted by Crippen LogP contribution is 2.27. The lowest BCUT2D eigenvalue weighted by atomic mass is 10.1. The highest BCUT2D eigenvalue weighted by Gasteiger charge is 2.24. The van der Waals surface area contributed by atoms with Gasteiger partial charge >= 0.3 is 0 Å². The molecule has 0 aliphatic carbocycles. The van der Waals surface area contributed by atoms with Crippen LogP contribution in [0.15, 0.2) is 54.9 Å². The Labute approximate surface area is 151 Å². The molecule has 3 heterocycles. The van der Waals surface area contributed by atoms with Crippen molar-refractivity contribution in [2.45, 2.75) is 13.0 Å². The molecule has 1 aliphatic heterocycles. The molecule has 5 nitrogen and oxygen atoms in total. The van der Waals surface area contributed by atoms with Crippen LogP contribution in [-0.2, 0) is 4.74 Å². The number of halogens is 1. The maximum Gasteiger partial charge on any atom is 0.161 e. The molecule has 1 saturated heterocycles. The molecule has 2 aromatic heterocycles. The van der Waals surface area contributed by atoms with E-state index in [2.05, 4.69) is 14.9 Å². The van der Waals surface area contributed by atoms with Gasteiger partial charge in [-0.05, 0) is 36.8 Å².